The second kappa shape index (κ2) is 4.75. The molecule has 15 heavy (non-hydrogen) atoms. The van der Waals surface area contributed by atoms with E-state index in [1.54, 1.807) is 0 Å². The van der Waals surface area contributed by atoms with Crippen LogP contribution in [0.1, 0.15) is 52.2 Å². The molecule has 0 amide bonds. The number of nitrogens with zero attached hydrogens (tertiary/aromatic N) is 3. The standard InChI is InChI=1S/C11H21N3O/c1-5-7-14-9(8-15)12-13-10(14)11(3,4)6-2/h15H,5-8H2,1-4H3. The number of aromatic nitrogens is 3. The van der Waals surface area contributed by atoms with Crippen molar-refractivity contribution in [2.24, 2.45) is 0 Å². The molecule has 0 radical (unpaired) electrons. The Balaban J connectivity index is 3.12. The summed E-state index contributed by atoms with van der Waals surface area (Å²) < 4.78 is 2.05. The van der Waals surface area contributed by atoms with Gasteiger partial charge in [0, 0.05) is 12.0 Å². The second-order valence-corrected chi connectivity index (χ2v) is 4.49. The number of aliphatic hydroxyl groups excluding tert-OH is 1. The monoisotopic (exact) mass is 211 g/mol. The highest BCUT2D eigenvalue weighted by atomic mass is 16.3. The first-order valence-corrected chi connectivity index (χ1v) is 5.60. The summed E-state index contributed by atoms with van der Waals surface area (Å²) in [7, 11) is 0. The van der Waals surface area contributed by atoms with Crippen molar-refractivity contribution >= 4 is 0 Å². The van der Waals surface area contributed by atoms with Gasteiger partial charge in [-0.1, -0.05) is 27.7 Å². The predicted octanol–water partition coefficient (Wildman–Crippen LogP) is 1.87. The fourth-order valence-electron chi connectivity index (χ4n) is 1.57. The lowest BCUT2D eigenvalue weighted by Crippen LogP contribution is -2.23. The van der Waals surface area contributed by atoms with Crippen LogP contribution in [0.3, 0.4) is 0 Å². The van der Waals surface area contributed by atoms with E-state index in [1.165, 1.54) is 0 Å². The molecule has 0 aromatic carbocycles. The van der Waals surface area contributed by atoms with Crippen molar-refractivity contribution in [1.29, 1.82) is 0 Å². The van der Waals surface area contributed by atoms with Crippen LogP contribution in [0.5, 0.6) is 0 Å². The molecule has 1 N–H and O–H groups in total. The zero-order valence-corrected chi connectivity index (χ0v) is 10.1. The third-order valence-electron chi connectivity index (χ3n) is 2.91. The Kier molecular flexibility index (Phi) is 3.85. The largest absolute Gasteiger partial charge is 0.388 e. The molecule has 1 aromatic rings. The summed E-state index contributed by atoms with van der Waals surface area (Å²) in [5.41, 5.74) is 0.0234. The molecule has 0 spiro atoms. The summed E-state index contributed by atoms with van der Waals surface area (Å²) in [5, 5.41) is 17.4. The van der Waals surface area contributed by atoms with Crippen LogP contribution in [0.4, 0.5) is 0 Å². The van der Waals surface area contributed by atoms with Crippen LogP contribution < -0.4 is 0 Å². The third-order valence-corrected chi connectivity index (χ3v) is 2.91. The highest BCUT2D eigenvalue weighted by Gasteiger charge is 2.26. The maximum absolute atomic E-state index is 9.17. The molecule has 0 atom stereocenters. The number of hydrogen-bond donors (Lipinski definition) is 1. The van der Waals surface area contributed by atoms with E-state index in [4.69, 9.17) is 0 Å². The number of hydrogen-bond acceptors (Lipinski definition) is 3. The Morgan fingerprint density at radius 2 is 1.93 bits per heavy atom. The Labute approximate surface area is 91.3 Å². The first-order chi connectivity index (χ1) is 7.06. The zero-order valence-electron chi connectivity index (χ0n) is 10.1. The quantitative estimate of drug-likeness (QED) is 0.809. The van der Waals surface area contributed by atoms with E-state index in [-0.39, 0.29) is 12.0 Å². The Bertz CT molecular complexity index is 318. The van der Waals surface area contributed by atoms with Gasteiger partial charge in [0.1, 0.15) is 12.4 Å². The van der Waals surface area contributed by atoms with Crippen LogP contribution in [0.2, 0.25) is 0 Å². The summed E-state index contributed by atoms with van der Waals surface area (Å²) in [5.74, 6) is 1.66. The molecule has 0 saturated heterocycles. The Morgan fingerprint density at radius 3 is 2.40 bits per heavy atom. The molecule has 0 aliphatic rings. The van der Waals surface area contributed by atoms with Gasteiger partial charge in [-0.25, -0.2) is 0 Å². The van der Waals surface area contributed by atoms with Crippen LogP contribution in [-0.2, 0) is 18.6 Å². The minimum Gasteiger partial charge on any atom is -0.388 e. The highest BCUT2D eigenvalue weighted by molar-refractivity contribution is 5.07. The minimum absolute atomic E-state index is 0.0234. The predicted molar refractivity (Wildman–Crippen MR) is 59.6 cm³/mol. The van der Waals surface area contributed by atoms with Gasteiger partial charge in [0.25, 0.3) is 0 Å². The van der Waals surface area contributed by atoms with Gasteiger partial charge < -0.3 is 9.67 Å². The van der Waals surface area contributed by atoms with Gasteiger partial charge in [-0.2, -0.15) is 0 Å². The van der Waals surface area contributed by atoms with Crippen molar-refractivity contribution in [3.05, 3.63) is 11.6 Å². The molecule has 0 unspecified atom stereocenters. The van der Waals surface area contributed by atoms with E-state index in [1.807, 2.05) is 4.57 Å². The summed E-state index contributed by atoms with van der Waals surface area (Å²) in [4.78, 5) is 0. The molecule has 1 aromatic heterocycles. The lowest BCUT2D eigenvalue weighted by molar-refractivity contribution is 0.262. The topological polar surface area (TPSA) is 50.9 Å². The molecule has 0 fully saturated rings. The van der Waals surface area contributed by atoms with Gasteiger partial charge in [0.15, 0.2) is 5.82 Å². The summed E-state index contributed by atoms with van der Waals surface area (Å²) in [6, 6.07) is 0. The highest BCUT2D eigenvalue weighted by Crippen LogP contribution is 2.25. The molecular formula is C11H21N3O. The smallest absolute Gasteiger partial charge is 0.158 e. The fourth-order valence-corrected chi connectivity index (χ4v) is 1.57. The minimum atomic E-state index is -0.0349. The molecule has 1 rings (SSSR count). The average Bonchev–Trinajstić information content (AvgIpc) is 2.62. The molecular weight excluding hydrogens is 190 g/mol. The average molecular weight is 211 g/mol. The van der Waals surface area contributed by atoms with Crippen LogP contribution in [0.25, 0.3) is 0 Å². The van der Waals surface area contributed by atoms with Gasteiger partial charge in [-0.15, -0.1) is 10.2 Å². The molecule has 0 aliphatic heterocycles. The fraction of sp³-hybridized carbons (Fsp3) is 0.818. The van der Waals surface area contributed by atoms with Gasteiger partial charge in [0.2, 0.25) is 0 Å². The van der Waals surface area contributed by atoms with Gasteiger partial charge in [-0.05, 0) is 12.8 Å². The molecule has 0 saturated carbocycles. The first-order valence-electron chi connectivity index (χ1n) is 5.60. The van der Waals surface area contributed by atoms with E-state index in [0.717, 1.165) is 25.2 Å². The molecule has 0 bridgehead atoms. The molecule has 86 valence electrons. The molecule has 4 nitrogen and oxygen atoms in total. The van der Waals surface area contributed by atoms with Gasteiger partial charge >= 0.3 is 0 Å². The lowest BCUT2D eigenvalue weighted by atomic mass is 9.89. The van der Waals surface area contributed by atoms with Crippen molar-refractivity contribution in [3.63, 3.8) is 0 Å². The van der Waals surface area contributed by atoms with Crippen LogP contribution in [-0.4, -0.2) is 19.9 Å². The normalized spacial score (nSPS) is 12.1. The van der Waals surface area contributed by atoms with Crippen LogP contribution in [0.15, 0.2) is 0 Å². The molecule has 1 heterocycles. The van der Waals surface area contributed by atoms with E-state index < -0.39 is 0 Å². The summed E-state index contributed by atoms with van der Waals surface area (Å²) in [6.07, 6.45) is 2.04. The Morgan fingerprint density at radius 1 is 1.27 bits per heavy atom. The van der Waals surface area contributed by atoms with Crippen molar-refractivity contribution in [2.45, 2.75) is 59.1 Å². The maximum Gasteiger partial charge on any atom is 0.158 e. The van der Waals surface area contributed by atoms with Crippen LogP contribution >= 0.6 is 0 Å². The number of aliphatic hydroxyl groups is 1. The van der Waals surface area contributed by atoms with Crippen molar-refractivity contribution in [2.75, 3.05) is 0 Å². The second-order valence-electron chi connectivity index (χ2n) is 4.49. The van der Waals surface area contributed by atoms with E-state index in [0.29, 0.717) is 5.82 Å². The summed E-state index contributed by atoms with van der Waals surface area (Å²) in [6.45, 7) is 9.41. The summed E-state index contributed by atoms with van der Waals surface area (Å²) >= 11 is 0. The number of rotatable bonds is 5. The van der Waals surface area contributed by atoms with E-state index >= 15 is 0 Å². The van der Waals surface area contributed by atoms with Crippen molar-refractivity contribution in [3.8, 4) is 0 Å². The lowest BCUT2D eigenvalue weighted by Gasteiger charge is -2.22. The SMILES string of the molecule is CCCn1c(CO)nnc1C(C)(C)CC. The third kappa shape index (κ3) is 2.37. The Hall–Kier alpha value is -0.900. The maximum atomic E-state index is 9.17. The van der Waals surface area contributed by atoms with Crippen molar-refractivity contribution < 1.29 is 5.11 Å². The van der Waals surface area contributed by atoms with E-state index in [9.17, 15) is 5.11 Å². The zero-order chi connectivity index (χ0) is 11.5. The first kappa shape index (κ1) is 12.2. The van der Waals surface area contributed by atoms with Gasteiger partial charge in [-0.3, -0.25) is 0 Å². The van der Waals surface area contributed by atoms with Crippen molar-refractivity contribution in [1.82, 2.24) is 14.8 Å². The van der Waals surface area contributed by atoms with Crippen LogP contribution in [0, 0.1) is 0 Å². The molecule has 4 heteroatoms. The van der Waals surface area contributed by atoms with Gasteiger partial charge in [0.05, 0.1) is 0 Å². The molecule has 0 aliphatic carbocycles. The van der Waals surface area contributed by atoms with E-state index in [2.05, 4.69) is 37.9 Å².